The van der Waals surface area contributed by atoms with Crippen molar-refractivity contribution in [2.24, 2.45) is 4.99 Å². The van der Waals surface area contributed by atoms with Gasteiger partial charge in [0.15, 0.2) is 0 Å². The monoisotopic (exact) mass is 297 g/mol. The molecule has 0 saturated carbocycles. The molecule has 2 aromatic rings. The maximum absolute atomic E-state index is 11.4. The molecule has 0 amide bonds. The highest BCUT2D eigenvalue weighted by Gasteiger charge is 2.32. The fourth-order valence-electron chi connectivity index (χ4n) is 2.62. The fraction of sp³-hybridized carbons (Fsp3) is 0.188. The maximum atomic E-state index is 11.4. The second-order valence-electron chi connectivity index (χ2n) is 5.44. The molecule has 22 heavy (non-hydrogen) atoms. The Hall–Kier alpha value is -2.73. The molecule has 112 valence electrons. The van der Waals surface area contributed by atoms with Crippen molar-refractivity contribution in [2.45, 2.75) is 13.0 Å². The number of H-pyrrole nitrogens is 1. The number of carboxylic acids is 1. The lowest BCUT2D eigenvalue weighted by atomic mass is 10.1. The van der Waals surface area contributed by atoms with Crippen molar-refractivity contribution in [3.8, 4) is 0 Å². The van der Waals surface area contributed by atoms with E-state index in [0.717, 1.165) is 17.2 Å². The molecule has 6 heteroatoms. The third-order valence-electron chi connectivity index (χ3n) is 3.84. The van der Waals surface area contributed by atoms with Crippen molar-refractivity contribution in [3.05, 3.63) is 66.0 Å². The summed E-state index contributed by atoms with van der Waals surface area (Å²) in [4.78, 5) is 23.1. The molecular weight excluding hydrogens is 280 g/mol. The minimum atomic E-state index is -0.908. The number of rotatable bonds is 5. The number of benzene rings is 1. The van der Waals surface area contributed by atoms with E-state index in [1.807, 2.05) is 25.4 Å². The first kappa shape index (κ1) is 14.2. The number of aromatic amines is 1. The van der Waals surface area contributed by atoms with Crippen LogP contribution in [0.5, 0.6) is 0 Å². The molecule has 1 atom stereocenters. The highest BCUT2D eigenvalue weighted by molar-refractivity contribution is 5.89. The van der Waals surface area contributed by atoms with Gasteiger partial charge in [0.1, 0.15) is 25.0 Å². The molecule has 3 rings (SSSR count). The number of amidine groups is 1. The molecule has 0 saturated heterocycles. The molecule has 0 aliphatic carbocycles. The van der Waals surface area contributed by atoms with Crippen LogP contribution in [0.25, 0.3) is 0 Å². The number of nitrogens with one attached hydrogen (secondary N) is 1. The summed E-state index contributed by atoms with van der Waals surface area (Å²) in [6.07, 6.45) is 7.83. The minimum absolute atomic E-state index is 0.333. The number of hydrogen-bond donors (Lipinski definition) is 2. The van der Waals surface area contributed by atoms with Crippen LogP contribution >= 0.6 is 0 Å². The normalized spacial score (nSPS) is 20.1. The molecule has 1 aliphatic rings. The molecular formula is C16H17N4O2+. The Morgan fingerprint density at radius 1 is 1.36 bits per heavy atom. The van der Waals surface area contributed by atoms with Crippen molar-refractivity contribution in [2.75, 3.05) is 7.05 Å². The number of aliphatic imine (C=N–C) groups is 1. The lowest BCUT2D eigenvalue weighted by molar-refractivity contribution is -0.779. The van der Waals surface area contributed by atoms with Crippen LogP contribution in [0.3, 0.4) is 0 Å². The second kappa shape index (κ2) is 5.57. The van der Waals surface area contributed by atoms with Gasteiger partial charge in [-0.1, -0.05) is 18.2 Å². The Balaban J connectivity index is 1.86. The first-order valence-electron chi connectivity index (χ1n) is 6.98. The summed E-state index contributed by atoms with van der Waals surface area (Å²) >= 11 is 0. The van der Waals surface area contributed by atoms with Crippen LogP contribution in [-0.4, -0.2) is 38.4 Å². The molecule has 0 fully saturated rings. The van der Waals surface area contributed by atoms with E-state index in [0.29, 0.717) is 23.0 Å². The van der Waals surface area contributed by atoms with Gasteiger partial charge in [0, 0.05) is 18.0 Å². The second-order valence-corrected chi connectivity index (χ2v) is 5.44. The van der Waals surface area contributed by atoms with Gasteiger partial charge in [0.25, 0.3) is 0 Å². The van der Waals surface area contributed by atoms with Gasteiger partial charge in [-0.3, -0.25) is 0 Å². The average molecular weight is 297 g/mol. The Bertz CT molecular complexity index is 749. The number of carbonyl (C=O) groups is 1. The third kappa shape index (κ3) is 2.68. The van der Waals surface area contributed by atoms with Crippen molar-refractivity contribution in [1.29, 1.82) is 0 Å². The van der Waals surface area contributed by atoms with Gasteiger partial charge >= 0.3 is 5.97 Å². The zero-order valence-corrected chi connectivity index (χ0v) is 12.2. The number of quaternary nitrogens is 1. The topological polar surface area (TPSA) is 78.3 Å². The first-order valence-corrected chi connectivity index (χ1v) is 6.98. The summed E-state index contributed by atoms with van der Waals surface area (Å²) in [6, 6.07) is 7.08. The lowest BCUT2D eigenvalue weighted by Gasteiger charge is -2.28. The predicted molar refractivity (Wildman–Crippen MR) is 82.2 cm³/mol. The van der Waals surface area contributed by atoms with Crippen LogP contribution in [0, 0.1) is 0 Å². The van der Waals surface area contributed by atoms with Crippen molar-refractivity contribution in [1.82, 2.24) is 9.97 Å². The number of carboxylic acid groups (broad SMARTS) is 1. The molecule has 0 spiro atoms. The Morgan fingerprint density at radius 2 is 2.18 bits per heavy atom. The molecule has 0 bridgehead atoms. The van der Waals surface area contributed by atoms with E-state index in [1.165, 1.54) is 0 Å². The lowest BCUT2D eigenvalue weighted by Crippen LogP contribution is -2.43. The smallest absolute Gasteiger partial charge is 0.336 e. The van der Waals surface area contributed by atoms with Crippen LogP contribution in [0.4, 0.5) is 0 Å². The number of imidazole rings is 1. The van der Waals surface area contributed by atoms with Gasteiger partial charge in [-0.25, -0.2) is 19.3 Å². The van der Waals surface area contributed by atoms with Gasteiger partial charge in [-0.2, -0.15) is 0 Å². The van der Waals surface area contributed by atoms with Gasteiger partial charge < -0.3 is 10.1 Å². The fourth-order valence-corrected chi connectivity index (χ4v) is 2.62. The molecule has 2 N–H and O–H groups in total. The minimum Gasteiger partial charge on any atom is -0.478 e. The maximum Gasteiger partial charge on any atom is 0.336 e. The van der Waals surface area contributed by atoms with E-state index in [9.17, 15) is 9.90 Å². The van der Waals surface area contributed by atoms with Gasteiger partial charge in [0.2, 0.25) is 5.84 Å². The summed E-state index contributed by atoms with van der Waals surface area (Å²) in [5.74, 6) is 0.864. The van der Waals surface area contributed by atoms with E-state index in [-0.39, 0.29) is 0 Å². The van der Waals surface area contributed by atoms with E-state index < -0.39 is 5.97 Å². The summed E-state index contributed by atoms with van der Waals surface area (Å²) < 4.78 is 0.449. The van der Waals surface area contributed by atoms with Crippen molar-refractivity contribution in [3.63, 3.8) is 0 Å². The SMILES string of the molecule is C[N+]1(Cc2ccccc2C(=O)O)C=CN=C1Cc1ncc[nH]1. The molecule has 2 heterocycles. The van der Waals surface area contributed by atoms with Gasteiger partial charge in [-0.15, -0.1) is 0 Å². The average Bonchev–Trinajstić information content (AvgIpc) is 3.11. The van der Waals surface area contributed by atoms with Crippen LogP contribution in [0.15, 0.2) is 54.1 Å². The highest BCUT2D eigenvalue weighted by Crippen LogP contribution is 2.22. The van der Waals surface area contributed by atoms with E-state index in [2.05, 4.69) is 15.0 Å². The zero-order valence-electron chi connectivity index (χ0n) is 12.2. The number of nitrogens with zero attached hydrogens (tertiary/aromatic N) is 3. The summed E-state index contributed by atoms with van der Waals surface area (Å²) in [5, 5.41) is 9.33. The molecule has 1 aliphatic heterocycles. The van der Waals surface area contributed by atoms with E-state index in [1.54, 1.807) is 30.7 Å². The first-order chi connectivity index (χ1) is 10.6. The summed E-state index contributed by atoms with van der Waals surface area (Å²) in [7, 11) is 2.02. The van der Waals surface area contributed by atoms with Crippen LogP contribution in [0.2, 0.25) is 0 Å². The Morgan fingerprint density at radius 3 is 2.91 bits per heavy atom. The molecule has 1 unspecified atom stereocenters. The standard InChI is InChI=1S/C16H16N4O2/c1-20(11-12-4-2-3-5-13(12)16(21)22)9-8-19-15(20)10-14-17-6-7-18-14/h2-9H,10-11H2,1H3,(H-,17,18,21,22)/p+1. The van der Waals surface area contributed by atoms with Gasteiger partial charge in [0.05, 0.1) is 18.8 Å². The van der Waals surface area contributed by atoms with Gasteiger partial charge in [-0.05, 0) is 6.07 Å². The molecule has 1 aromatic heterocycles. The Labute approximate surface area is 128 Å². The highest BCUT2D eigenvalue weighted by atomic mass is 16.4. The molecule has 6 nitrogen and oxygen atoms in total. The number of likely N-dealkylation sites (N-methyl/N-ethyl adjacent to an activating group) is 1. The molecule has 1 aromatic carbocycles. The van der Waals surface area contributed by atoms with Crippen LogP contribution in [-0.2, 0) is 13.0 Å². The predicted octanol–water partition coefficient (Wildman–Crippen LogP) is 2.18. The quantitative estimate of drug-likeness (QED) is 0.830. The zero-order chi connectivity index (χ0) is 15.6. The third-order valence-corrected chi connectivity index (χ3v) is 3.84. The number of hydrogen-bond acceptors (Lipinski definition) is 3. The summed E-state index contributed by atoms with van der Waals surface area (Å²) in [5.41, 5.74) is 1.12. The van der Waals surface area contributed by atoms with E-state index >= 15 is 0 Å². The summed E-state index contributed by atoms with van der Waals surface area (Å²) in [6.45, 7) is 0.540. The van der Waals surface area contributed by atoms with Crippen molar-refractivity contribution < 1.29 is 14.4 Å². The largest absolute Gasteiger partial charge is 0.478 e. The number of aromatic nitrogens is 2. The van der Waals surface area contributed by atoms with E-state index in [4.69, 9.17) is 0 Å². The van der Waals surface area contributed by atoms with Crippen LogP contribution < -0.4 is 0 Å². The number of aromatic carboxylic acids is 1. The van der Waals surface area contributed by atoms with Crippen molar-refractivity contribution >= 4 is 11.8 Å². The Kier molecular flexibility index (Phi) is 3.60. The molecule has 0 radical (unpaired) electrons. The van der Waals surface area contributed by atoms with Crippen LogP contribution in [0.1, 0.15) is 21.7 Å².